The first-order valence-electron chi connectivity index (χ1n) is 16.7. The van der Waals surface area contributed by atoms with E-state index in [-0.39, 0.29) is 41.5 Å². The first-order chi connectivity index (χ1) is 24.9. The Balaban J connectivity index is 1.42. The molecule has 0 aliphatic carbocycles. The maximum absolute atomic E-state index is 15.6. The highest BCUT2D eigenvalue weighted by atomic mass is 35.5. The van der Waals surface area contributed by atoms with Gasteiger partial charge in [0.05, 0.1) is 19.1 Å². The summed E-state index contributed by atoms with van der Waals surface area (Å²) in [6.45, 7) is 2.59. The average Bonchev–Trinajstić information content (AvgIpc) is 3.13. The van der Waals surface area contributed by atoms with Crippen LogP contribution in [0.2, 0.25) is 5.02 Å². The molecule has 5 rings (SSSR count). The van der Waals surface area contributed by atoms with E-state index >= 15 is 4.39 Å². The lowest BCUT2D eigenvalue weighted by molar-refractivity contribution is -0.118. The Kier molecular flexibility index (Phi) is 12.9. The van der Waals surface area contributed by atoms with Gasteiger partial charge in [0.1, 0.15) is 23.4 Å². The van der Waals surface area contributed by atoms with E-state index in [0.717, 1.165) is 0 Å². The number of alkyl carbamates (subject to hydrolysis) is 1. The van der Waals surface area contributed by atoms with Crippen LogP contribution in [0.25, 0.3) is 0 Å². The van der Waals surface area contributed by atoms with E-state index in [1.165, 1.54) is 54.9 Å². The molecule has 2 amide bonds. The number of ether oxygens (including phenoxy) is 2. The van der Waals surface area contributed by atoms with Crippen LogP contribution in [0.15, 0.2) is 95.9 Å². The third-order valence-electron chi connectivity index (χ3n) is 9.16. The molecule has 1 saturated heterocycles. The highest BCUT2D eigenvalue weighted by molar-refractivity contribution is 7.89. The first kappa shape index (κ1) is 38.7. The molecular formula is C38H41ClF2N4O6S. The Morgan fingerprint density at radius 2 is 1.65 bits per heavy atom. The van der Waals surface area contributed by atoms with Gasteiger partial charge < -0.3 is 25.4 Å². The summed E-state index contributed by atoms with van der Waals surface area (Å²) >= 11 is 6.16. The minimum atomic E-state index is -3.93. The summed E-state index contributed by atoms with van der Waals surface area (Å²) in [7, 11) is -1.26. The molecule has 1 aliphatic rings. The molecule has 0 aromatic heterocycles. The maximum atomic E-state index is 15.6. The van der Waals surface area contributed by atoms with E-state index in [2.05, 4.69) is 16.0 Å². The number of anilines is 1. The SMILES string of the molecule is COC(=O)N[C@H](C(=O)Nc1cccc(F)c1CC[C@H]1CNC[C@H](C)N1S(=O)(=O)c1ccc(OC)cc1)[C@@H](Cc1ccc(F)cc1)c1ccc(Cl)cc1. The topological polar surface area (TPSA) is 126 Å². The summed E-state index contributed by atoms with van der Waals surface area (Å²) in [5.74, 6) is -1.83. The van der Waals surface area contributed by atoms with E-state index < -0.39 is 51.7 Å². The number of benzene rings is 4. The van der Waals surface area contributed by atoms with Crippen LogP contribution in [-0.4, -0.2) is 70.2 Å². The number of halogens is 3. The smallest absolute Gasteiger partial charge is 0.407 e. The second-order valence-electron chi connectivity index (χ2n) is 12.6. The normalized spacial score (nSPS) is 17.5. The summed E-state index contributed by atoms with van der Waals surface area (Å²) in [5.41, 5.74) is 1.69. The molecule has 1 fully saturated rings. The van der Waals surface area contributed by atoms with Crippen LogP contribution < -0.4 is 20.7 Å². The Hall–Kier alpha value is -4.56. The molecule has 0 bridgehead atoms. The zero-order chi connectivity index (χ0) is 37.4. The number of carbonyl (C=O) groups excluding carboxylic acids is 2. The molecule has 0 saturated carbocycles. The third kappa shape index (κ3) is 9.26. The number of piperazine rings is 1. The highest BCUT2D eigenvalue weighted by Gasteiger charge is 2.38. The van der Waals surface area contributed by atoms with Crippen LogP contribution in [0, 0.1) is 11.6 Å². The Morgan fingerprint density at radius 3 is 2.31 bits per heavy atom. The Labute approximate surface area is 307 Å². The summed E-state index contributed by atoms with van der Waals surface area (Å²) in [6.07, 6.45) is -0.333. The minimum Gasteiger partial charge on any atom is -0.497 e. The van der Waals surface area contributed by atoms with Crippen LogP contribution in [0.5, 0.6) is 5.75 Å². The molecule has 1 heterocycles. The van der Waals surface area contributed by atoms with Crippen molar-refractivity contribution >= 4 is 39.3 Å². The molecule has 4 aromatic carbocycles. The van der Waals surface area contributed by atoms with E-state index in [9.17, 15) is 22.4 Å². The number of hydrogen-bond donors (Lipinski definition) is 3. The maximum Gasteiger partial charge on any atom is 0.407 e. The second-order valence-corrected chi connectivity index (χ2v) is 14.8. The molecule has 0 unspecified atom stereocenters. The van der Waals surface area contributed by atoms with Crippen molar-refractivity contribution in [3.05, 3.63) is 124 Å². The van der Waals surface area contributed by atoms with Gasteiger partial charge in [-0.05, 0) is 98.0 Å². The molecule has 52 heavy (non-hydrogen) atoms. The average molecular weight is 755 g/mol. The van der Waals surface area contributed by atoms with Crippen LogP contribution in [0.3, 0.4) is 0 Å². The number of sulfonamides is 1. The molecule has 276 valence electrons. The van der Waals surface area contributed by atoms with E-state index in [1.807, 2.05) is 6.92 Å². The van der Waals surface area contributed by atoms with Crippen molar-refractivity contribution in [1.29, 1.82) is 0 Å². The van der Waals surface area contributed by atoms with Crippen molar-refractivity contribution in [2.75, 3.05) is 32.6 Å². The lowest BCUT2D eigenvalue weighted by Crippen LogP contribution is -2.58. The van der Waals surface area contributed by atoms with Crippen molar-refractivity contribution in [3.63, 3.8) is 0 Å². The van der Waals surface area contributed by atoms with Gasteiger partial charge in [0.2, 0.25) is 15.9 Å². The number of methoxy groups -OCH3 is 2. The van der Waals surface area contributed by atoms with Gasteiger partial charge in [-0.1, -0.05) is 41.9 Å². The van der Waals surface area contributed by atoms with Crippen LogP contribution in [0.4, 0.5) is 19.3 Å². The zero-order valence-electron chi connectivity index (χ0n) is 28.9. The Bertz CT molecular complexity index is 1950. The van der Waals surface area contributed by atoms with Crippen molar-refractivity contribution in [3.8, 4) is 5.75 Å². The number of rotatable bonds is 13. The van der Waals surface area contributed by atoms with Gasteiger partial charge >= 0.3 is 6.09 Å². The van der Waals surface area contributed by atoms with E-state index in [1.54, 1.807) is 54.6 Å². The molecule has 1 aliphatic heterocycles. The van der Waals surface area contributed by atoms with Gasteiger partial charge in [-0.2, -0.15) is 4.31 Å². The minimum absolute atomic E-state index is 0.0846. The van der Waals surface area contributed by atoms with Gasteiger partial charge in [0.25, 0.3) is 0 Å². The summed E-state index contributed by atoms with van der Waals surface area (Å²) in [5, 5.41) is 9.20. The molecule has 0 spiro atoms. The summed E-state index contributed by atoms with van der Waals surface area (Å²) in [6, 6.07) is 20.9. The van der Waals surface area contributed by atoms with Crippen LogP contribution in [0.1, 0.15) is 36.0 Å². The van der Waals surface area contributed by atoms with Crippen molar-refractivity contribution in [1.82, 2.24) is 14.9 Å². The molecule has 0 radical (unpaired) electrons. The number of nitrogens with one attached hydrogen (secondary N) is 3. The zero-order valence-corrected chi connectivity index (χ0v) is 30.5. The van der Waals surface area contributed by atoms with Crippen LogP contribution >= 0.6 is 11.6 Å². The Morgan fingerprint density at radius 1 is 0.962 bits per heavy atom. The predicted octanol–water partition coefficient (Wildman–Crippen LogP) is 6.30. The monoisotopic (exact) mass is 754 g/mol. The third-order valence-corrected chi connectivity index (χ3v) is 11.5. The fraction of sp³-hybridized carbons (Fsp3) is 0.316. The fourth-order valence-electron chi connectivity index (χ4n) is 6.53. The van der Waals surface area contributed by atoms with Crippen molar-refractivity contribution < 1.29 is 36.3 Å². The largest absolute Gasteiger partial charge is 0.497 e. The number of nitrogens with zero attached hydrogens (tertiary/aromatic N) is 1. The van der Waals surface area contributed by atoms with E-state index in [4.69, 9.17) is 21.1 Å². The van der Waals surface area contributed by atoms with Gasteiger partial charge in [-0.25, -0.2) is 22.0 Å². The summed E-state index contributed by atoms with van der Waals surface area (Å²) in [4.78, 5) is 26.9. The second kappa shape index (κ2) is 17.3. The highest BCUT2D eigenvalue weighted by Crippen LogP contribution is 2.31. The predicted molar refractivity (Wildman–Crippen MR) is 195 cm³/mol. The van der Waals surface area contributed by atoms with Crippen molar-refractivity contribution in [2.45, 2.75) is 55.1 Å². The molecule has 4 aromatic rings. The molecule has 10 nitrogen and oxygen atoms in total. The molecule has 4 atom stereocenters. The van der Waals surface area contributed by atoms with Gasteiger partial charge in [-0.15, -0.1) is 0 Å². The first-order valence-corrected chi connectivity index (χ1v) is 18.5. The standard InChI is InChI=1S/C38H41ClF2N4O6S/c1-24-22-42-23-29(45(24)52(48,49)31-18-16-30(50-2)17-19-31)15-20-32-34(41)5-4-6-35(32)43-37(46)36(44-38(47)51-3)33(26-9-11-27(39)12-10-26)21-25-7-13-28(40)14-8-25/h4-14,16-19,24,29,33,36,42H,15,20-23H2,1-3H3,(H,43,46)(H,44,47)/t24-,29-,33-,36-/m0/s1. The lowest BCUT2D eigenvalue weighted by Gasteiger charge is -2.40. The van der Waals surface area contributed by atoms with Gasteiger partial charge in [0.15, 0.2) is 0 Å². The van der Waals surface area contributed by atoms with E-state index in [0.29, 0.717) is 35.0 Å². The number of carbonyl (C=O) groups is 2. The molecule has 14 heteroatoms. The number of amides is 2. The van der Waals surface area contributed by atoms with Crippen molar-refractivity contribution in [2.24, 2.45) is 0 Å². The van der Waals surface area contributed by atoms with Gasteiger partial charge in [-0.3, -0.25) is 4.79 Å². The lowest BCUT2D eigenvalue weighted by atomic mass is 9.85. The fourth-order valence-corrected chi connectivity index (χ4v) is 8.50. The van der Waals surface area contributed by atoms with Crippen LogP contribution in [-0.2, 0) is 32.4 Å². The molecule has 3 N–H and O–H groups in total. The summed E-state index contributed by atoms with van der Waals surface area (Å²) < 4.78 is 68.7. The number of hydrogen-bond acceptors (Lipinski definition) is 7. The molecular weight excluding hydrogens is 714 g/mol. The van der Waals surface area contributed by atoms with Gasteiger partial charge in [0, 0.05) is 47.4 Å². The quantitative estimate of drug-likeness (QED) is 0.146.